The maximum Gasteiger partial charge on any atom is 0.328 e. The summed E-state index contributed by atoms with van der Waals surface area (Å²) in [5.74, 6) is -0.00760. The zero-order chi connectivity index (χ0) is 30.9. The Kier molecular flexibility index (Phi) is 14.5. The molecule has 0 bridgehead atoms. The van der Waals surface area contributed by atoms with E-state index in [1.807, 2.05) is 0 Å². The number of benzene rings is 1. The monoisotopic (exact) mass is 596 g/mol. The number of hydrogen-bond donors (Lipinski definition) is 7. The highest BCUT2D eigenvalue weighted by Gasteiger charge is 2.15. The molecule has 2 heterocycles. The van der Waals surface area contributed by atoms with Crippen LogP contribution >= 0.6 is 0 Å². The van der Waals surface area contributed by atoms with Crippen molar-refractivity contribution in [2.24, 2.45) is 0 Å². The Morgan fingerprint density at radius 2 is 1.49 bits per heavy atom. The first-order valence-electron chi connectivity index (χ1n) is 15.5. The molecule has 1 aromatic carbocycles. The van der Waals surface area contributed by atoms with Crippen LogP contribution < -0.4 is 38.0 Å². The molecule has 0 atom stereocenters. The highest BCUT2D eigenvalue weighted by molar-refractivity contribution is 5.96. The third-order valence-corrected chi connectivity index (χ3v) is 6.95. The fourth-order valence-electron chi connectivity index (χ4n) is 4.42. The number of nitrogens with one attached hydrogen (secondary N) is 6. The third kappa shape index (κ3) is 11.3. The number of imidazole rings is 1. The Hall–Kier alpha value is -3.97. The maximum absolute atomic E-state index is 12.6. The molecule has 0 saturated carbocycles. The van der Waals surface area contributed by atoms with Crippen molar-refractivity contribution < 1.29 is 9.59 Å². The van der Waals surface area contributed by atoms with Crippen LogP contribution in [0.15, 0.2) is 29.1 Å². The number of carbonyl (C=O) groups is 2. The van der Waals surface area contributed by atoms with Gasteiger partial charge in [-0.05, 0) is 76.0 Å². The van der Waals surface area contributed by atoms with E-state index in [1.165, 1.54) is 17.4 Å². The van der Waals surface area contributed by atoms with Gasteiger partial charge < -0.3 is 37.3 Å². The number of unbranched alkanes of at least 4 members (excludes halogenated alkanes) is 3. The van der Waals surface area contributed by atoms with E-state index in [-0.39, 0.29) is 36.4 Å². The number of nitrogens with two attached hydrogens (primary N) is 1. The molecule has 2 aromatic heterocycles. The lowest BCUT2D eigenvalue weighted by Gasteiger charge is -2.09. The second-order valence-electron chi connectivity index (χ2n) is 10.6. The van der Waals surface area contributed by atoms with Gasteiger partial charge >= 0.3 is 5.69 Å². The molecule has 0 aliphatic heterocycles. The molecule has 0 unspecified atom stereocenters. The van der Waals surface area contributed by atoms with Crippen LogP contribution in [0.1, 0.15) is 74.7 Å². The van der Waals surface area contributed by atoms with Crippen LogP contribution in [-0.4, -0.2) is 77.1 Å². The second kappa shape index (κ2) is 18.5. The minimum Gasteiger partial charge on any atom is -0.382 e. The van der Waals surface area contributed by atoms with Crippen molar-refractivity contribution in [2.75, 3.05) is 56.9 Å². The molecular formula is C30H48N10O3. The summed E-state index contributed by atoms with van der Waals surface area (Å²) < 4.78 is 1.49. The fourth-order valence-corrected chi connectivity index (χ4v) is 4.42. The van der Waals surface area contributed by atoms with Crippen molar-refractivity contribution in [3.63, 3.8) is 0 Å². The highest BCUT2D eigenvalue weighted by atomic mass is 16.2. The molecule has 0 spiro atoms. The summed E-state index contributed by atoms with van der Waals surface area (Å²) in [7, 11) is 0. The van der Waals surface area contributed by atoms with E-state index in [2.05, 4.69) is 55.4 Å². The van der Waals surface area contributed by atoms with Crippen molar-refractivity contribution >= 4 is 34.7 Å². The normalized spacial score (nSPS) is 11.1. The van der Waals surface area contributed by atoms with Crippen LogP contribution in [-0.2, 0) is 11.3 Å². The van der Waals surface area contributed by atoms with Crippen LogP contribution in [0.5, 0.6) is 0 Å². The van der Waals surface area contributed by atoms with E-state index in [0.29, 0.717) is 35.8 Å². The van der Waals surface area contributed by atoms with Gasteiger partial charge in [0.15, 0.2) is 11.5 Å². The second-order valence-corrected chi connectivity index (χ2v) is 10.6. The number of hydrogen-bond acceptors (Lipinski definition) is 9. The number of amides is 2. The third-order valence-electron chi connectivity index (χ3n) is 6.95. The first-order chi connectivity index (χ1) is 20.9. The van der Waals surface area contributed by atoms with E-state index in [1.54, 1.807) is 24.3 Å². The number of aromatic amines is 1. The Labute approximate surface area is 253 Å². The number of nitrogens with zero attached hydrogens (tertiary/aromatic N) is 3. The predicted octanol–water partition coefficient (Wildman–Crippen LogP) is 1.96. The zero-order valence-corrected chi connectivity index (χ0v) is 25.6. The number of H-pyrrole nitrogens is 1. The smallest absolute Gasteiger partial charge is 0.328 e. The highest BCUT2D eigenvalue weighted by Crippen LogP contribution is 2.17. The number of carbonyl (C=O) groups excluding carboxylic acids is 2. The minimum atomic E-state index is -0.351. The summed E-state index contributed by atoms with van der Waals surface area (Å²) in [4.78, 5) is 48.8. The van der Waals surface area contributed by atoms with E-state index >= 15 is 0 Å². The van der Waals surface area contributed by atoms with Crippen molar-refractivity contribution in [1.82, 2.24) is 40.8 Å². The van der Waals surface area contributed by atoms with Gasteiger partial charge in [-0.3, -0.25) is 14.2 Å². The molecule has 236 valence electrons. The molecule has 13 heteroatoms. The average Bonchev–Trinajstić information content (AvgIpc) is 3.32. The molecule has 43 heavy (non-hydrogen) atoms. The first kappa shape index (κ1) is 33.5. The van der Waals surface area contributed by atoms with Gasteiger partial charge in [-0.25, -0.2) is 4.79 Å². The molecule has 3 aromatic rings. The van der Waals surface area contributed by atoms with Crippen LogP contribution in [0.2, 0.25) is 0 Å². The molecule has 3 rings (SSSR count). The standard InChI is InChI=1S/C30H48N10O3/c1-3-5-14-32-15-7-8-16-33-17-9-19-34-24(41)20-36-28(42)23-12-10-22(11-13-23)21-40-27-25(37-30(40)43)26(31)38-29(39-27)35-18-6-4-2/h10-13,32-33H,3-9,14-21H2,1-2H3,(H,34,41)(H,36,42)(H,37,43)(H3,31,35,38,39). The van der Waals surface area contributed by atoms with Crippen LogP contribution in [0, 0.1) is 0 Å². The topological polar surface area (TPSA) is 184 Å². The molecule has 0 radical (unpaired) electrons. The molecule has 2 amide bonds. The molecule has 8 N–H and O–H groups in total. The van der Waals surface area contributed by atoms with Gasteiger partial charge in [0, 0.05) is 18.7 Å². The van der Waals surface area contributed by atoms with Crippen molar-refractivity contribution in [3.05, 3.63) is 45.9 Å². The van der Waals surface area contributed by atoms with E-state index in [4.69, 9.17) is 5.73 Å². The van der Waals surface area contributed by atoms with E-state index < -0.39 is 0 Å². The van der Waals surface area contributed by atoms with Gasteiger partial charge in [0.2, 0.25) is 11.9 Å². The molecule has 0 aliphatic rings. The number of nitrogen functional groups attached to an aromatic ring is 1. The van der Waals surface area contributed by atoms with Gasteiger partial charge in [0.1, 0.15) is 5.52 Å². The number of aromatic nitrogens is 4. The summed E-state index contributed by atoms with van der Waals surface area (Å²) in [6.45, 7) is 9.64. The summed E-state index contributed by atoms with van der Waals surface area (Å²) >= 11 is 0. The van der Waals surface area contributed by atoms with Crippen LogP contribution in [0.4, 0.5) is 11.8 Å². The molecule has 0 saturated heterocycles. The number of fused-ring (bicyclic) bond motifs is 1. The SMILES string of the molecule is CCCCNCCCCNCCCNC(=O)CNC(=O)c1ccc(Cn2c(=O)[nH]c3c(N)nc(NCCCC)nc32)cc1. The van der Waals surface area contributed by atoms with Crippen molar-refractivity contribution in [1.29, 1.82) is 0 Å². The van der Waals surface area contributed by atoms with Gasteiger partial charge in [-0.2, -0.15) is 9.97 Å². The van der Waals surface area contributed by atoms with E-state index in [9.17, 15) is 14.4 Å². The summed E-state index contributed by atoms with van der Waals surface area (Å²) in [6.07, 6.45) is 7.54. The summed E-state index contributed by atoms with van der Waals surface area (Å²) in [6, 6.07) is 6.86. The Balaban J connectivity index is 1.38. The van der Waals surface area contributed by atoms with Crippen LogP contribution in [0.25, 0.3) is 11.2 Å². The Morgan fingerprint density at radius 1 is 0.837 bits per heavy atom. The Bertz CT molecular complexity index is 1340. The van der Waals surface area contributed by atoms with Gasteiger partial charge in [-0.15, -0.1) is 0 Å². The van der Waals surface area contributed by atoms with Gasteiger partial charge in [-0.1, -0.05) is 38.8 Å². The number of anilines is 2. The molecule has 0 aliphatic carbocycles. The first-order valence-corrected chi connectivity index (χ1v) is 15.5. The van der Waals surface area contributed by atoms with Crippen molar-refractivity contribution in [3.8, 4) is 0 Å². The molecule has 0 fully saturated rings. The van der Waals surface area contributed by atoms with Crippen molar-refractivity contribution in [2.45, 2.75) is 65.3 Å². The Morgan fingerprint density at radius 3 is 2.19 bits per heavy atom. The average molecular weight is 597 g/mol. The van der Waals surface area contributed by atoms with Gasteiger partial charge in [0.25, 0.3) is 5.91 Å². The van der Waals surface area contributed by atoms with E-state index in [0.717, 1.165) is 63.8 Å². The van der Waals surface area contributed by atoms with Gasteiger partial charge in [0.05, 0.1) is 13.1 Å². The zero-order valence-electron chi connectivity index (χ0n) is 25.6. The fraction of sp³-hybridized carbons (Fsp3) is 0.567. The van der Waals surface area contributed by atoms with Crippen LogP contribution in [0.3, 0.4) is 0 Å². The number of rotatable bonds is 21. The maximum atomic E-state index is 12.6. The largest absolute Gasteiger partial charge is 0.382 e. The lowest BCUT2D eigenvalue weighted by molar-refractivity contribution is -0.120. The molecule has 13 nitrogen and oxygen atoms in total. The summed E-state index contributed by atoms with van der Waals surface area (Å²) in [5, 5.41) is 15.5. The predicted molar refractivity (Wildman–Crippen MR) is 171 cm³/mol. The molecular weight excluding hydrogens is 548 g/mol. The minimum absolute atomic E-state index is 0.0977. The lowest BCUT2D eigenvalue weighted by Crippen LogP contribution is -2.37. The quantitative estimate of drug-likeness (QED) is 0.0904. The summed E-state index contributed by atoms with van der Waals surface area (Å²) in [5.41, 5.74) is 7.72. The lowest BCUT2D eigenvalue weighted by atomic mass is 10.1.